The molecule has 0 heterocycles. The van der Waals surface area contributed by atoms with Gasteiger partial charge in [0.05, 0.1) is 0 Å². The van der Waals surface area contributed by atoms with Crippen molar-refractivity contribution < 1.29 is 25.5 Å². The molecule has 5 atom stereocenters. The predicted octanol–water partition coefficient (Wildman–Crippen LogP) is 20.2. The maximum absolute atomic E-state index is 11.1. The van der Waals surface area contributed by atoms with Gasteiger partial charge in [0.2, 0.25) is 0 Å². The van der Waals surface area contributed by atoms with E-state index in [0.29, 0.717) is 71.7 Å². The van der Waals surface area contributed by atoms with E-state index in [4.69, 9.17) is 0 Å². The molecular formula is C96H132O5P10. The van der Waals surface area contributed by atoms with Crippen LogP contribution in [0.2, 0.25) is 0 Å². The van der Waals surface area contributed by atoms with Crippen LogP contribution < -0.4 is 79.6 Å². The van der Waals surface area contributed by atoms with E-state index in [2.05, 4.69) is 345 Å². The fraction of sp³-hybridized carbons (Fsp3) is 0.375. The lowest BCUT2D eigenvalue weighted by atomic mass is 9.80. The van der Waals surface area contributed by atoms with Crippen LogP contribution in [0.4, 0.5) is 0 Å². The zero-order valence-electron chi connectivity index (χ0n) is 73.0. The summed E-state index contributed by atoms with van der Waals surface area (Å²) in [5.41, 5.74) is 16.9. The van der Waals surface area contributed by atoms with Crippen LogP contribution in [-0.2, 0) is 21.7 Å². The number of hydrogen-bond acceptors (Lipinski definition) is 5. The average molecular weight is 1680 g/mol. The Hall–Kier alpha value is -4.50. The average Bonchev–Trinajstić information content (AvgIpc) is 0.783. The summed E-state index contributed by atoms with van der Waals surface area (Å²) in [5, 5.41) is 72.5. The second-order valence-electron chi connectivity index (χ2n) is 34.8. The molecule has 0 saturated carbocycles. The zero-order chi connectivity index (χ0) is 83.4. The van der Waals surface area contributed by atoms with E-state index in [9.17, 15) is 25.5 Å². The van der Waals surface area contributed by atoms with Crippen LogP contribution in [0.15, 0.2) is 158 Å². The molecule has 0 aliphatic heterocycles. The minimum Gasteiger partial charge on any atom is -0.507 e. The molecule has 10 aromatic rings. The summed E-state index contributed by atoms with van der Waals surface area (Å²) in [6.45, 7) is 70.5. The molecule has 0 saturated heterocycles. The Balaban J connectivity index is 0.000000217. The number of rotatable bonds is 15. The van der Waals surface area contributed by atoms with Crippen molar-refractivity contribution in [2.75, 3.05) is 66.6 Å². The van der Waals surface area contributed by atoms with Gasteiger partial charge in [0.15, 0.2) is 0 Å². The Labute approximate surface area is 687 Å². The Kier molecular flexibility index (Phi) is 35.3. The molecule has 15 heteroatoms. The molecule has 0 aliphatic carbocycles. The van der Waals surface area contributed by atoms with Gasteiger partial charge in [-0.3, -0.25) is 0 Å². The first-order valence-electron chi connectivity index (χ1n) is 38.3. The molecule has 0 bridgehead atoms. The van der Waals surface area contributed by atoms with E-state index in [0.717, 1.165) is 48.8 Å². The van der Waals surface area contributed by atoms with Crippen molar-refractivity contribution in [1.82, 2.24) is 0 Å². The third-order valence-corrected chi connectivity index (χ3v) is 35.1. The summed E-state index contributed by atoms with van der Waals surface area (Å²) in [5.74, 6) is 2.29. The van der Waals surface area contributed by atoms with Gasteiger partial charge >= 0.3 is 0 Å². The Morgan fingerprint density at radius 3 is 0.793 bits per heavy atom. The van der Waals surface area contributed by atoms with E-state index in [1.807, 2.05) is 26.0 Å². The van der Waals surface area contributed by atoms with Crippen LogP contribution in [0.5, 0.6) is 28.7 Å². The van der Waals surface area contributed by atoms with Crippen molar-refractivity contribution in [2.45, 2.75) is 174 Å². The highest BCUT2D eigenvalue weighted by atomic mass is 31.1. The van der Waals surface area contributed by atoms with Gasteiger partial charge < -0.3 is 25.5 Å². The molecule has 596 valence electrons. The zero-order valence-corrected chi connectivity index (χ0v) is 82.5. The Bertz CT molecular complexity index is 4790. The summed E-state index contributed by atoms with van der Waals surface area (Å²) >= 11 is 0. The molecule has 0 aliphatic rings. The number of phenols is 5. The first-order valence-corrected chi connectivity index (χ1v) is 54.5. The van der Waals surface area contributed by atoms with E-state index < -0.39 is 0 Å². The molecule has 0 spiro atoms. The molecule has 5 nitrogen and oxygen atoms in total. The smallest absolute Gasteiger partial charge is 0.127 e. The second kappa shape index (κ2) is 41.1. The van der Waals surface area contributed by atoms with Crippen LogP contribution in [0.25, 0.3) is 0 Å². The van der Waals surface area contributed by atoms with Gasteiger partial charge in [-0.05, 0) is 308 Å². The number of aryl methyl sites for hydroxylation is 10. The quantitative estimate of drug-likeness (QED) is 0.0659. The molecule has 111 heavy (non-hydrogen) atoms. The number of phenolic OH excluding ortho intramolecular Hbond substituents is 5. The van der Waals surface area contributed by atoms with Crippen molar-refractivity contribution in [1.29, 1.82) is 0 Å². The SMILES string of the molecule is Cc1cc(C(C)(C)C)cc(Pc2c(C)cccc2P(C)C)c1O.Cc1cc(C)c(O)c(Pc2c(C)cccc2P(C)C)c1.Cc1cc(Pc2c(C)cccc2P(C)C)c(O)c(C(C)(C)C)c1.Cc1ccc(O)c(Pc2c(C)cccc2P(C)C)c1.Cc1cccc(P(C)C)c1Pc1cc(C(C)(C)C)cc(C(C)(C)C)c1O. The normalized spacial score (nSPS) is 12.4. The highest BCUT2D eigenvalue weighted by Crippen LogP contribution is 2.40. The lowest BCUT2D eigenvalue weighted by molar-refractivity contribution is 0.448. The number of hydrogen-bond donors (Lipinski definition) is 5. The van der Waals surface area contributed by atoms with Crippen LogP contribution in [0.1, 0.15) is 161 Å². The first kappa shape index (κ1) is 95.3. The van der Waals surface area contributed by atoms with Crippen molar-refractivity contribution in [3.05, 3.63) is 236 Å². The van der Waals surface area contributed by atoms with Gasteiger partial charge in [0.25, 0.3) is 0 Å². The van der Waals surface area contributed by atoms with Gasteiger partial charge in [-0.25, -0.2) is 0 Å². The Morgan fingerprint density at radius 1 is 0.234 bits per heavy atom. The number of benzene rings is 10. The lowest BCUT2D eigenvalue weighted by Gasteiger charge is -2.28. The van der Waals surface area contributed by atoms with Crippen LogP contribution in [-0.4, -0.2) is 92.2 Å². The molecule has 10 rings (SSSR count). The molecule has 0 amide bonds. The van der Waals surface area contributed by atoms with E-state index in [1.165, 1.54) is 109 Å². The second-order valence-corrected chi connectivity index (χ2v) is 52.6. The minimum absolute atomic E-state index is 0.0496. The molecule has 0 aromatic heterocycles. The molecule has 10 aromatic carbocycles. The van der Waals surface area contributed by atoms with E-state index in [1.54, 1.807) is 6.07 Å². The van der Waals surface area contributed by atoms with E-state index in [-0.39, 0.29) is 61.3 Å². The fourth-order valence-electron chi connectivity index (χ4n) is 12.9. The fourth-order valence-corrected chi connectivity index (χ4v) is 28.6. The molecule has 5 unspecified atom stereocenters. The van der Waals surface area contributed by atoms with Gasteiger partial charge in [-0.1, -0.05) is 292 Å². The minimum atomic E-state index is -0.174. The standard InChI is InChI=1S/C23H34OP2.2C20H28OP2.C17H22OP2.C16H20OP2/c1-15-11-10-12-19(26(8)9)21(15)25-18-14-16(22(2,3)4)13-17(20(18)24)23(5,6)7;1-13-11-15(20(3,4)5)18(21)16(12-13)22-19-14(2)9-8-10-17(19)23(6)7;1-13-9-8-10-17(23(6)7)19(13)22-16-12-15(20(3,4)5)11-14(2)18(16)21;1-11-9-13(3)16(18)14(10-11)19-17-12(2)7-6-8-15(17)20(4)5;1-11-8-9-13(17)14(10-11)18-16-12(2)6-5-7-15(16)19(3)4/h10-14,24-25H,1-9H3;2*8-12,21-22H,1-7H3;6-10,18-19H,1-5H3;5-10,17-18H,1-4H3. The highest BCUT2D eigenvalue weighted by molar-refractivity contribution is 7.70. The highest BCUT2D eigenvalue weighted by Gasteiger charge is 2.28. The molecular weight excluding hydrogens is 1540 g/mol. The van der Waals surface area contributed by atoms with Gasteiger partial charge in [0, 0.05) is 37.6 Å². The summed E-state index contributed by atoms with van der Waals surface area (Å²) in [4.78, 5) is 0. The van der Waals surface area contributed by atoms with Crippen molar-refractivity contribution >= 4 is 162 Å². The monoisotopic (exact) mass is 1670 g/mol. The third kappa shape index (κ3) is 26.5. The Morgan fingerprint density at radius 2 is 0.486 bits per heavy atom. The number of aromatic hydroxyl groups is 5. The maximum Gasteiger partial charge on any atom is 0.127 e. The topological polar surface area (TPSA) is 101 Å². The van der Waals surface area contributed by atoms with Crippen LogP contribution in [0, 0.1) is 69.2 Å². The summed E-state index contributed by atoms with van der Waals surface area (Å²) in [6.07, 6.45) is 0. The van der Waals surface area contributed by atoms with Gasteiger partial charge in [0.1, 0.15) is 28.7 Å². The van der Waals surface area contributed by atoms with Crippen molar-refractivity contribution in [2.24, 2.45) is 0 Å². The lowest BCUT2D eigenvalue weighted by Crippen LogP contribution is -2.25. The predicted molar refractivity (Wildman–Crippen MR) is 525 cm³/mol. The first-order chi connectivity index (χ1) is 51.4. The van der Waals surface area contributed by atoms with Crippen LogP contribution >= 0.6 is 82.5 Å². The largest absolute Gasteiger partial charge is 0.507 e. The van der Waals surface area contributed by atoms with Gasteiger partial charge in [-0.15, -0.1) is 0 Å². The van der Waals surface area contributed by atoms with Gasteiger partial charge in [-0.2, -0.15) is 0 Å². The molecule has 5 N–H and O–H groups in total. The maximum atomic E-state index is 11.1. The summed E-state index contributed by atoms with van der Waals surface area (Å²) < 4.78 is 0. The van der Waals surface area contributed by atoms with Crippen LogP contribution in [0.3, 0.4) is 0 Å². The molecule has 0 radical (unpaired) electrons. The van der Waals surface area contributed by atoms with Crippen molar-refractivity contribution in [3.63, 3.8) is 0 Å². The molecule has 0 fully saturated rings. The summed E-state index contributed by atoms with van der Waals surface area (Å²) in [6, 6.07) is 55.9. The van der Waals surface area contributed by atoms with Crippen molar-refractivity contribution in [3.8, 4) is 28.7 Å². The third-order valence-electron chi connectivity index (χ3n) is 19.6. The summed E-state index contributed by atoms with van der Waals surface area (Å²) in [7, 11) is 1.82. The van der Waals surface area contributed by atoms with E-state index >= 15 is 0 Å².